The van der Waals surface area contributed by atoms with Crippen molar-refractivity contribution in [2.45, 2.75) is 18.9 Å². The van der Waals surface area contributed by atoms with Crippen molar-refractivity contribution < 1.29 is 4.74 Å². The maximum atomic E-state index is 5.14. The fraction of sp³-hybridized carbons (Fsp3) is 0.818. The molecule has 3 aliphatic rings. The maximum absolute atomic E-state index is 5.14. The third kappa shape index (κ3) is 1.42. The fourth-order valence-corrected chi connectivity index (χ4v) is 2.80. The molecule has 0 aromatic rings. The number of hydrogen-bond acceptors (Lipinski definition) is 2. The van der Waals surface area contributed by atoms with Crippen LogP contribution in [0.1, 0.15) is 12.8 Å². The van der Waals surface area contributed by atoms with Crippen LogP contribution < -0.4 is 5.32 Å². The van der Waals surface area contributed by atoms with Crippen molar-refractivity contribution in [3.63, 3.8) is 0 Å². The van der Waals surface area contributed by atoms with E-state index in [1.54, 1.807) is 0 Å². The summed E-state index contributed by atoms with van der Waals surface area (Å²) < 4.78 is 5.14. The van der Waals surface area contributed by atoms with Crippen LogP contribution in [0, 0.1) is 17.8 Å². The van der Waals surface area contributed by atoms with Gasteiger partial charge in [-0.25, -0.2) is 0 Å². The fourth-order valence-electron chi connectivity index (χ4n) is 2.80. The molecule has 0 amide bonds. The summed E-state index contributed by atoms with van der Waals surface area (Å²) in [7, 11) is 0. The Morgan fingerprint density at radius 3 is 2.69 bits per heavy atom. The van der Waals surface area contributed by atoms with E-state index in [0.29, 0.717) is 6.04 Å². The standard InChI is InChI=1S/C11H17NO/c1-2-9-3-8(1)4-10(9)5-12-11-6-13-7-11/h1-2,8-12H,3-7H2. The van der Waals surface area contributed by atoms with E-state index in [4.69, 9.17) is 4.74 Å². The van der Waals surface area contributed by atoms with Gasteiger partial charge in [0.05, 0.1) is 19.3 Å². The molecule has 0 spiro atoms. The zero-order chi connectivity index (χ0) is 8.67. The van der Waals surface area contributed by atoms with Gasteiger partial charge in [0.1, 0.15) is 0 Å². The lowest BCUT2D eigenvalue weighted by Crippen LogP contribution is -2.47. The van der Waals surface area contributed by atoms with E-state index in [2.05, 4.69) is 17.5 Å². The van der Waals surface area contributed by atoms with Crippen LogP contribution in [0.15, 0.2) is 12.2 Å². The van der Waals surface area contributed by atoms with Crippen molar-refractivity contribution in [2.24, 2.45) is 17.8 Å². The average molecular weight is 179 g/mol. The zero-order valence-electron chi connectivity index (χ0n) is 7.91. The Balaban J connectivity index is 1.48. The van der Waals surface area contributed by atoms with E-state index in [-0.39, 0.29) is 0 Å². The maximum Gasteiger partial charge on any atom is 0.0643 e. The van der Waals surface area contributed by atoms with E-state index < -0.39 is 0 Å². The highest BCUT2D eigenvalue weighted by atomic mass is 16.5. The minimum atomic E-state index is 0.656. The predicted molar refractivity (Wildman–Crippen MR) is 51.5 cm³/mol. The summed E-state index contributed by atoms with van der Waals surface area (Å²) in [5, 5.41) is 3.59. The van der Waals surface area contributed by atoms with Gasteiger partial charge in [0.2, 0.25) is 0 Å². The van der Waals surface area contributed by atoms with Crippen molar-refractivity contribution in [3.8, 4) is 0 Å². The summed E-state index contributed by atoms with van der Waals surface area (Å²) in [5.41, 5.74) is 0. The van der Waals surface area contributed by atoms with E-state index in [1.165, 1.54) is 19.4 Å². The van der Waals surface area contributed by atoms with Gasteiger partial charge in [-0.05, 0) is 37.1 Å². The van der Waals surface area contributed by atoms with Crippen LogP contribution in [0.4, 0.5) is 0 Å². The van der Waals surface area contributed by atoms with Gasteiger partial charge < -0.3 is 10.1 Å². The van der Waals surface area contributed by atoms with Crippen LogP contribution in [-0.4, -0.2) is 25.8 Å². The lowest BCUT2D eigenvalue weighted by atomic mass is 9.93. The molecule has 2 aliphatic carbocycles. The second-order valence-corrected chi connectivity index (χ2v) is 4.68. The van der Waals surface area contributed by atoms with E-state index in [1.807, 2.05) is 0 Å². The molecule has 3 rings (SSSR count). The smallest absolute Gasteiger partial charge is 0.0643 e. The molecule has 0 aromatic carbocycles. The Morgan fingerprint density at radius 2 is 2.15 bits per heavy atom. The molecule has 2 heteroatoms. The average Bonchev–Trinajstić information content (AvgIpc) is 2.61. The molecule has 3 atom stereocenters. The number of nitrogens with one attached hydrogen (secondary N) is 1. The summed E-state index contributed by atoms with van der Waals surface area (Å²) >= 11 is 0. The highest BCUT2D eigenvalue weighted by molar-refractivity contribution is 5.10. The number of fused-ring (bicyclic) bond motifs is 2. The van der Waals surface area contributed by atoms with Crippen molar-refractivity contribution in [1.29, 1.82) is 0 Å². The molecule has 2 nitrogen and oxygen atoms in total. The molecule has 0 radical (unpaired) electrons. The second-order valence-electron chi connectivity index (χ2n) is 4.68. The molecule has 1 heterocycles. The normalized spacial score (nSPS) is 42.6. The first-order valence-corrected chi connectivity index (χ1v) is 5.41. The Morgan fingerprint density at radius 1 is 1.23 bits per heavy atom. The van der Waals surface area contributed by atoms with Crippen LogP contribution in [0.25, 0.3) is 0 Å². The zero-order valence-corrected chi connectivity index (χ0v) is 7.91. The van der Waals surface area contributed by atoms with Crippen molar-refractivity contribution in [1.82, 2.24) is 5.32 Å². The lowest BCUT2D eigenvalue weighted by molar-refractivity contribution is -0.00685. The number of rotatable bonds is 3. The van der Waals surface area contributed by atoms with Crippen molar-refractivity contribution in [2.75, 3.05) is 19.8 Å². The van der Waals surface area contributed by atoms with Gasteiger partial charge in [-0.2, -0.15) is 0 Å². The largest absolute Gasteiger partial charge is 0.378 e. The SMILES string of the molecule is C1=CC2CC1CC2CNC1COC1. The highest BCUT2D eigenvalue weighted by Crippen LogP contribution is 2.42. The van der Waals surface area contributed by atoms with Gasteiger partial charge in [-0.3, -0.25) is 0 Å². The van der Waals surface area contributed by atoms with Gasteiger partial charge in [0.15, 0.2) is 0 Å². The van der Waals surface area contributed by atoms with Crippen LogP contribution in [0.2, 0.25) is 0 Å². The molecule has 1 N–H and O–H groups in total. The Labute approximate surface area is 79.3 Å². The number of allylic oxidation sites excluding steroid dienone is 2. The Hall–Kier alpha value is -0.340. The molecule has 1 saturated heterocycles. The molecular formula is C11H17NO. The molecule has 2 fully saturated rings. The second kappa shape index (κ2) is 3.10. The molecular weight excluding hydrogens is 162 g/mol. The summed E-state index contributed by atoms with van der Waals surface area (Å²) in [6, 6.07) is 0.656. The molecule has 72 valence electrons. The molecule has 0 aromatic heterocycles. The molecule has 3 unspecified atom stereocenters. The van der Waals surface area contributed by atoms with Crippen LogP contribution >= 0.6 is 0 Å². The summed E-state index contributed by atoms with van der Waals surface area (Å²) in [6.45, 7) is 3.06. The van der Waals surface area contributed by atoms with Gasteiger partial charge in [-0.1, -0.05) is 12.2 Å². The van der Waals surface area contributed by atoms with E-state index >= 15 is 0 Å². The van der Waals surface area contributed by atoms with Gasteiger partial charge in [-0.15, -0.1) is 0 Å². The molecule has 1 saturated carbocycles. The topological polar surface area (TPSA) is 21.3 Å². The van der Waals surface area contributed by atoms with Gasteiger partial charge in [0.25, 0.3) is 0 Å². The lowest BCUT2D eigenvalue weighted by Gasteiger charge is -2.29. The first-order chi connectivity index (χ1) is 6.42. The monoisotopic (exact) mass is 179 g/mol. The summed E-state index contributed by atoms with van der Waals surface area (Å²) in [4.78, 5) is 0. The molecule has 2 bridgehead atoms. The molecule has 13 heavy (non-hydrogen) atoms. The van der Waals surface area contributed by atoms with Crippen LogP contribution in [0.3, 0.4) is 0 Å². The quantitative estimate of drug-likeness (QED) is 0.657. The summed E-state index contributed by atoms with van der Waals surface area (Å²) in [5.74, 6) is 2.71. The van der Waals surface area contributed by atoms with Crippen LogP contribution in [-0.2, 0) is 4.74 Å². The predicted octanol–water partition coefficient (Wildman–Crippen LogP) is 1.19. The van der Waals surface area contributed by atoms with Gasteiger partial charge in [0, 0.05) is 0 Å². The first-order valence-electron chi connectivity index (χ1n) is 5.41. The Kier molecular flexibility index (Phi) is 1.91. The minimum absolute atomic E-state index is 0.656. The van der Waals surface area contributed by atoms with Gasteiger partial charge >= 0.3 is 0 Å². The number of hydrogen-bond donors (Lipinski definition) is 1. The Bertz CT molecular complexity index is 222. The number of ether oxygens (including phenoxy) is 1. The van der Waals surface area contributed by atoms with Crippen molar-refractivity contribution in [3.05, 3.63) is 12.2 Å². The van der Waals surface area contributed by atoms with E-state index in [9.17, 15) is 0 Å². The third-order valence-electron chi connectivity index (χ3n) is 3.72. The van der Waals surface area contributed by atoms with Crippen LogP contribution in [0.5, 0.6) is 0 Å². The molecule has 1 aliphatic heterocycles. The van der Waals surface area contributed by atoms with E-state index in [0.717, 1.165) is 31.0 Å². The highest BCUT2D eigenvalue weighted by Gasteiger charge is 2.35. The van der Waals surface area contributed by atoms with Crippen molar-refractivity contribution >= 4 is 0 Å². The third-order valence-corrected chi connectivity index (χ3v) is 3.72. The first kappa shape index (κ1) is 8.01. The summed E-state index contributed by atoms with van der Waals surface area (Å²) in [6.07, 6.45) is 7.68. The minimum Gasteiger partial charge on any atom is -0.378 e.